The maximum Gasteiger partial charge on any atom is 0.185 e. The Labute approximate surface area is 91.4 Å². The van der Waals surface area contributed by atoms with Crippen LogP contribution >= 0.6 is 0 Å². The first kappa shape index (κ1) is 12.3. The molecule has 0 aliphatic heterocycles. The van der Waals surface area contributed by atoms with Crippen molar-refractivity contribution in [1.29, 1.82) is 0 Å². The highest BCUT2D eigenvalue weighted by Crippen LogP contribution is 2.27. The minimum Gasteiger partial charge on any atom is -0.499 e. The van der Waals surface area contributed by atoms with Crippen molar-refractivity contribution in [1.82, 2.24) is 0 Å². The Morgan fingerprint density at radius 3 is 2.93 bits per heavy atom. The van der Waals surface area contributed by atoms with E-state index < -0.39 is 5.79 Å². The van der Waals surface area contributed by atoms with Gasteiger partial charge >= 0.3 is 0 Å². The minimum atomic E-state index is -1.13. The molecule has 0 spiro atoms. The van der Waals surface area contributed by atoms with Gasteiger partial charge in [-0.25, -0.2) is 0 Å². The molecular formula is C12H20O3. The second-order valence-corrected chi connectivity index (χ2v) is 3.84. The van der Waals surface area contributed by atoms with E-state index in [2.05, 4.69) is 12.7 Å². The summed E-state index contributed by atoms with van der Waals surface area (Å²) in [5.74, 6) is -1.13. The first-order valence-electron chi connectivity index (χ1n) is 5.45. The van der Waals surface area contributed by atoms with Crippen molar-refractivity contribution >= 4 is 0 Å². The maximum absolute atomic E-state index is 10.1. The van der Waals surface area contributed by atoms with Gasteiger partial charge in [0, 0.05) is 0 Å². The molecule has 0 saturated carbocycles. The summed E-state index contributed by atoms with van der Waals surface area (Å²) in [5.41, 5.74) is 0.993. The van der Waals surface area contributed by atoms with Gasteiger partial charge in [-0.2, -0.15) is 0 Å². The monoisotopic (exact) mass is 212 g/mol. The summed E-state index contributed by atoms with van der Waals surface area (Å²) >= 11 is 0. The Morgan fingerprint density at radius 1 is 1.53 bits per heavy atom. The summed E-state index contributed by atoms with van der Waals surface area (Å²) in [6.07, 6.45) is 7.76. The summed E-state index contributed by atoms with van der Waals surface area (Å²) in [7, 11) is 0. The van der Waals surface area contributed by atoms with Crippen LogP contribution in [0.1, 0.15) is 32.6 Å². The van der Waals surface area contributed by atoms with Gasteiger partial charge < -0.3 is 14.6 Å². The number of ether oxygens (including phenoxy) is 2. The molecule has 86 valence electrons. The summed E-state index contributed by atoms with van der Waals surface area (Å²) < 4.78 is 10.3. The molecule has 1 atom stereocenters. The Balaban J connectivity index is 2.36. The van der Waals surface area contributed by atoms with Crippen molar-refractivity contribution in [2.75, 3.05) is 13.2 Å². The average Bonchev–Trinajstić information content (AvgIpc) is 2.26. The van der Waals surface area contributed by atoms with Crippen molar-refractivity contribution in [3.8, 4) is 0 Å². The van der Waals surface area contributed by atoms with Crippen LogP contribution in [0.25, 0.3) is 0 Å². The topological polar surface area (TPSA) is 38.7 Å². The molecule has 0 aromatic carbocycles. The van der Waals surface area contributed by atoms with Gasteiger partial charge in [0.25, 0.3) is 0 Å². The molecule has 0 bridgehead atoms. The predicted molar refractivity (Wildman–Crippen MR) is 59.3 cm³/mol. The number of hydrogen-bond acceptors (Lipinski definition) is 3. The van der Waals surface area contributed by atoms with E-state index in [1.165, 1.54) is 12.7 Å². The minimum absolute atomic E-state index is 0.371. The summed E-state index contributed by atoms with van der Waals surface area (Å²) in [6, 6.07) is 0. The average molecular weight is 212 g/mol. The van der Waals surface area contributed by atoms with Crippen LogP contribution < -0.4 is 0 Å². The fourth-order valence-electron chi connectivity index (χ4n) is 1.72. The van der Waals surface area contributed by atoms with Gasteiger partial charge in [0.1, 0.15) is 6.61 Å². The Hall–Kier alpha value is -0.800. The lowest BCUT2D eigenvalue weighted by Gasteiger charge is -2.28. The van der Waals surface area contributed by atoms with Crippen LogP contribution in [0, 0.1) is 0 Å². The lowest BCUT2D eigenvalue weighted by molar-refractivity contribution is -0.169. The molecule has 1 aliphatic rings. The summed E-state index contributed by atoms with van der Waals surface area (Å²) in [5, 5.41) is 10.1. The van der Waals surface area contributed by atoms with E-state index in [4.69, 9.17) is 9.47 Å². The molecule has 1 unspecified atom stereocenters. The largest absolute Gasteiger partial charge is 0.499 e. The van der Waals surface area contributed by atoms with E-state index in [1.807, 2.05) is 0 Å². The van der Waals surface area contributed by atoms with Crippen LogP contribution in [-0.4, -0.2) is 24.1 Å². The third kappa shape index (κ3) is 4.06. The molecule has 3 heteroatoms. The SMILES string of the molecule is C=COCCOC(C)(O)C1=CCCCC1. The molecule has 1 aliphatic carbocycles. The van der Waals surface area contributed by atoms with Crippen molar-refractivity contribution in [2.45, 2.75) is 38.4 Å². The van der Waals surface area contributed by atoms with Crippen LogP contribution in [0.2, 0.25) is 0 Å². The first-order valence-corrected chi connectivity index (χ1v) is 5.45. The van der Waals surface area contributed by atoms with Crippen LogP contribution in [-0.2, 0) is 9.47 Å². The lowest BCUT2D eigenvalue weighted by Crippen LogP contribution is -2.32. The normalized spacial score (nSPS) is 20.3. The van der Waals surface area contributed by atoms with E-state index in [0.29, 0.717) is 13.2 Å². The highest BCUT2D eigenvalue weighted by atomic mass is 16.6. The van der Waals surface area contributed by atoms with Crippen LogP contribution in [0.5, 0.6) is 0 Å². The molecule has 0 aromatic rings. The fourth-order valence-corrected chi connectivity index (χ4v) is 1.72. The van der Waals surface area contributed by atoms with Gasteiger partial charge in [-0.3, -0.25) is 0 Å². The van der Waals surface area contributed by atoms with Crippen LogP contribution in [0.15, 0.2) is 24.5 Å². The Morgan fingerprint density at radius 2 is 2.33 bits per heavy atom. The van der Waals surface area contributed by atoms with E-state index in [9.17, 15) is 5.11 Å². The van der Waals surface area contributed by atoms with Gasteiger partial charge in [0.05, 0.1) is 12.9 Å². The smallest absolute Gasteiger partial charge is 0.185 e. The van der Waals surface area contributed by atoms with Gasteiger partial charge in [-0.05, 0) is 38.2 Å². The second kappa shape index (κ2) is 5.93. The fraction of sp³-hybridized carbons (Fsp3) is 0.667. The van der Waals surface area contributed by atoms with Gasteiger partial charge in [-0.1, -0.05) is 12.7 Å². The molecule has 15 heavy (non-hydrogen) atoms. The van der Waals surface area contributed by atoms with Crippen molar-refractivity contribution in [3.63, 3.8) is 0 Å². The lowest BCUT2D eigenvalue weighted by atomic mass is 9.94. The molecule has 0 heterocycles. The zero-order valence-corrected chi connectivity index (χ0v) is 9.37. The zero-order valence-electron chi connectivity index (χ0n) is 9.37. The Kier molecular flexibility index (Phi) is 4.85. The Bertz CT molecular complexity index is 231. The number of rotatable bonds is 6. The number of allylic oxidation sites excluding steroid dienone is 1. The molecular weight excluding hydrogens is 192 g/mol. The van der Waals surface area contributed by atoms with Crippen LogP contribution in [0.4, 0.5) is 0 Å². The summed E-state index contributed by atoms with van der Waals surface area (Å²) in [6.45, 7) is 5.92. The van der Waals surface area contributed by atoms with E-state index >= 15 is 0 Å². The molecule has 0 fully saturated rings. The van der Waals surface area contributed by atoms with E-state index in [1.54, 1.807) is 6.92 Å². The third-order valence-corrected chi connectivity index (χ3v) is 2.59. The zero-order chi connectivity index (χ0) is 11.1. The van der Waals surface area contributed by atoms with E-state index in [-0.39, 0.29) is 0 Å². The van der Waals surface area contributed by atoms with Crippen molar-refractivity contribution in [2.24, 2.45) is 0 Å². The molecule has 0 amide bonds. The second-order valence-electron chi connectivity index (χ2n) is 3.84. The summed E-state index contributed by atoms with van der Waals surface area (Å²) in [4.78, 5) is 0. The standard InChI is InChI=1S/C12H20O3/c1-3-14-9-10-15-12(2,13)11-7-5-4-6-8-11/h3,7,13H,1,4-6,8-10H2,2H3. The molecule has 1 N–H and O–H groups in total. The van der Waals surface area contributed by atoms with E-state index in [0.717, 1.165) is 24.8 Å². The molecule has 1 rings (SSSR count). The molecule has 0 radical (unpaired) electrons. The highest BCUT2D eigenvalue weighted by Gasteiger charge is 2.27. The van der Waals surface area contributed by atoms with Gasteiger partial charge in [-0.15, -0.1) is 0 Å². The van der Waals surface area contributed by atoms with Gasteiger partial charge in [0.2, 0.25) is 0 Å². The van der Waals surface area contributed by atoms with Crippen LogP contribution in [0.3, 0.4) is 0 Å². The highest BCUT2D eigenvalue weighted by molar-refractivity contribution is 5.13. The predicted octanol–water partition coefficient (Wildman–Crippen LogP) is 2.37. The quantitative estimate of drug-likeness (QED) is 0.318. The molecule has 3 nitrogen and oxygen atoms in total. The maximum atomic E-state index is 10.1. The number of aliphatic hydroxyl groups is 1. The molecule has 0 aromatic heterocycles. The van der Waals surface area contributed by atoms with Crippen molar-refractivity contribution in [3.05, 3.63) is 24.5 Å². The number of hydrogen-bond donors (Lipinski definition) is 1. The first-order chi connectivity index (χ1) is 7.17. The third-order valence-electron chi connectivity index (χ3n) is 2.59. The van der Waals surface area contributed by atoms with Crippen molar-refractivity contribution < 1.29 is 14.6 Å². The van der Waals surface area contributed by atoms with Gasteiger partial charge in [0.15, 0.2) is 5.79 Å². The molecule has 0 saturated heterocycles.